The van der Waals surface area contributed by atoms with Gasteiger partial charge in [0.15, 0.2) is 0 Å². The molecule has 0 aromatic heterocycles. The smallest absolute Gasteiger partial charge is 0.0672 e. The van der Waals surface area contributed by atoms with Crippen LogP contribution in [-0.4, -0.2) is 23.0 Å². The summed E-state index contributed by atoms with van der Waals surface area (Å²) >= 11 is 0. The summed E-state index contributed by atoms with van der Waals surface area (Å²) in [6, 6.07) is 4.55. The highest BCUT2D eigenvalue weighted by Gasteiger charge is 2.39. The average Bonchev–Trinajstić information content (AvgIpc) is 2.70. The lowest BCUT2D eigenvalue weighted by molar-refractivity contribution is 0.0802. The Labute approximate surface area is 99.6 Å². The van der Waals surface area contributed by atoms with Crippen molar-refractivity contribution >= 4 is 0 Å². The summed E-state index contributed by atoms with van der Waals surface area (Å²) < 4.78 is 0. The second-order valence-electron chi connectivity index (χ2n) is 5.52. The quantitative estimate of drug-likeness (QED) is 0.713. The fourth-order valence-electron chi connectivity index (χ4n) is 3.72. The monoisotopic (exact) mass is 220 g/mol. The summed E-state index contributed by atoms with van der Waals surface area (Å²) in [7, 11) is 0. The molecule has 1 aliphatic carbocycles. The van der Waals surface area contributed by atoms with Crippen LogP contribution in [0.1, 0.15) is 58.8 Å². The zero-order valence-corrected chi connectivity index (χ0v) is 10.7. The predicted octanol–water partition coefficient (Wildman–Crippen LogP) is 3.33. The van der Waals surface area contributed by atoms with E-state index in [1.807, 2.05) is 0 Å². The Bertz CT molecular complexity index is 268. The standard InChI is InChI=1S/C14H24N2/c1-3-13-9-8-11(2)16(13)14-7-5-4-6-12(14)10-15/h11-14H,3-9H2,1-2H3. The van der Waals surface area contributed by atoms with Crippen LogP contribution in [0.5, 0.6) is 0 Å². The molecule has 2 fully saturated rings. The average molecular weight is 220 g/mol. The molecule has 0 bridgehead atoms. The SMILES string of the molecule is CCC1CCC(C)N1C1CCCCC1C#N. The first-order valence-electron chi connectivity index (χ1n) is 6.95. The summed E-state index contributed by atoms with van der Waals surface area (Å²) in [5.41, 5.74) is 0. The maximum atomic E-state index is 9.29. The lowest BCUT2D eigenvalue weighted by Crippen LogP contribution is -2.47. The molecule has 0 aromatic rings. The first kappa shape index (κ1) is 11.9. The van der Waals surface area contributed by atoms with E-state index in [1.54, 1.807) is 0 Å². The van der Waals surface area contributed by atoms with Crippen molar-refractivity contribution in [3.05, 3.63) is 0 Å². The van der Waals surface area contributed by atoms with Gasteiger partial charge in [-0.2, -0.15) is 5.26 Å². The molecule has 2 rings (SSSR count). The van der Waals surface area contributed by atoms with Crippen LogP contribution in [0.3, 0.4) is 0 Å². The molecule has 0 amide bonds. The van der Waals surface area contributed by atoms with Crippen LogP contribution in [0.2, 0.25) is 0 Å². The molecule has 2 nitrogen and oxygen atoms in total. The predicted molar refractivity (Wildman–Crippen MR) is 66.0 cm³/mol. The van der Waals surface area contributed by atoms with Gasteiger partial charge in [0.25, 0.3) is 0 Å². The Morgan fingerprint density at radius 2 is 1.94 bits per heavy atom. The first-order valence-corrected chi connectivity index (χ1v) is 6.95. The third-order valence-electron chi connectivity index (χ3n) is 4.60. The van der Waals surface area contributed by atoms with Crippen molar-refractivity contribution in [3.63, 3.8) is 0 Å². The van der Waals surface area contributed by atoms with Crippen molar-refractivity contribution < 1.29 is 0 Å². The van der Waals surface area contributed by atoms with Crippen molar-refractivity contribution in [3.8, 4) is 6.07 Å². The van der Waals surface area contributed by atoms with Crippen LogP contribution < -0.4 is 0 Å². The number of rotatable bonds is 2. The topological polar surface area (TPSA) is 27.0 Å². The van der Waals surface area contributed by atoms with E-state index in [-0.39, 0.29) is 0 Å². The van der Waals surface area contributed by atoms with E-state index >= 15 is 0 Å². The summed E-state index contributed by atoms with van der Waals surface area (Å²) in [6.07, 6.45) is 8.87. The van der Waals surface area contributed by atoms with E-state index in [4.69, 9.17) is 0 Å². The number of hydrogen-bond acceptors (Lipinski definition) is 2. The van der Waals surface area contributed by atoms with Gasteiger partial charge in [-0.1, -0.05) is 19.8 Å². The van der Waals surface area contributed by atoms with Crippen LogP contribution >= 0.6 is 0 Å². The Hall–Kier alpha value is -0.550. The molecule has 2 heteroatoms. The summed E-state index contributed by atoms with van der Waals surface area (Å²) in [5, 5.41) is 9.29. The highest BCUT2D eigenvalue weighted by molar-refractivity contribution is 5.00. The molecular weight excluding hydrogens is 196 g/mol. The summed E-state index contributed by atoms with van der Waals surface area (Å²) in [5.74, 6) is 0.295. The van der Waals surface area contributed by atoms with E-state index < -0.39 is 0 Å². The second kappa shape index (κ2) is 5.19. The first-order chi connectivity index (χ1) is 7.77. The molecule has 16 heavy (non-hydrogen) atoms. The lowest BCUT2D eigenvalue weighted by Gasteiger charge is -2.40. The van der Waals surface area contributed by atoms with Gasteiger partial charge in [-0.05, 0) is 39.0 Å². The normalized spacial score (nSPS) is 40.8. The van der Waals surface area contributed by atoms with Gasteiger partial charge < -0.3 is 0 Å². The maximum absolute atomic E-state index is 9.29. The lowest BCUT2D eigenvalue weighted by atomic mass is 9.83. The van der Waals surface area contributed by atoms with Gasteiger partial charge in [0.2, 0.25) is 0 Å². The molecule has 90 valence electrons. The maximum Gasteiger partial charge on any atom is 0.0672 e. The molecule has 1 heterocycles. The van der Waals surface area contributed by atoms with Gasteiger partial charge in [-0.15, -0.1) is 0 Å². The highest BCUT2D eigenvalue weighted by atomic mass is 15.2. The molecule has 4 atom stereocenters. The number of nitrogens with zero attached hydrogens (tertiary/aromatic N) is 2. The third kappa shape index (κ3) is 2.11. The Balaban J connectivity index is 2.11. The van der Waals surface area contributed by atoms with Gasteiger partial charge in [-0.3, -0.25) is 4.90 Å². The molecule has 0 N–H and O–H groups in total. The molecular formula is C14H24N2. The fourth-order valence-corrected chi connectivity index (χ4v) is 3.72. The molecule has 1 saturated heterocycles. The largest absolute Gasteiger partial charge is 0.293 e. The van der Waals surface area contributed by atoms with Crippen LogP contribution in [0.25, 0.3) is 0 Å². The Morgan fingerprint density at radius 3 is 2.62 bits per heavy atom. The van der Waals surface area contributed by atoms with E-state index in [1.165, 1.54) is 38.5 Å². The molecule has 1 saturated carbocycles. The van der Waals surface area contributed by atoms with Gasteiger partial charge in [-0.25, -0.2) is 0 Å². The Kier molecular flexibility index (Phi) is 3.86. The number of hydrogen-bond donors (Lipinski definition) is 0. The van der Waals surface area contributed by atoms with E-state index in [9.17, 15) is 5.26 Å². The van der Waals surface area contributed by atoms with E-state index in [2.05, 4.69) is 24.8 Å². The van der Waals surface area contributed by atoms with Gasteiger partial charge in [0, 0.05) is 18.1 Å². The second-order valence-corrected chi connectivity index (χ2v) is 5.52. The minimum Gasteiger partial charge on any atom is -0.293 e. The number of likely N-dealkylation sites (tertiary alicyclic amines) is 1. The summed E-state index contributed by atoms with van der Waals surface area (Å²) in [4.78, 5) is 2.69. The zero-order chi connectivity index (χ0) is 11.5. The van der Waals surface area contributed by atoms with Gasteiger partial charge in [0.05, 0.1) is 12.0 Å². The molecule has 0 radical (unpaired) electrons. The van der Waals surface area contributed by atoms with E-state index in [0.717, 1.165) is 12.5 Å². The van der Waals surface area contributed by atoms with Crippen LogP contribution in [-0.2, 0) is 0 Å². The van der Waals surface area contributed by atoms with Gasteiger partial charge in [0.1, 0.15) is 0 Å². The fraction of sp³-hybridized carbons (Fsp3) is 0.929. The van der Waals surface area contributed by atoms with Crippen LogP contribution in [0.4, 0.5) is 0 Å². The van der Waals surface area contributed by atoms with Crippen molar-refractivity contribution in [2.45, 2.75) is 76.9 Å². The molecule has 0 aromatic carbocycles. The van der Waals surface area contributed by atoms with Crippen molar-refractivity contribution in [1.82, 2.24) is 4.90 Å². The van der Waals surface area contributed by atoms with Gasteiger partial charge >= 0.3 is 0 Å². The molecule has 2 aliphatic rings. The highest BCUT2D eigenvalue weighted by Crippen LogP contribution is 2.36. The van der Waals surface area contributed by atoms with Crippen molar-refractivity contribution in [2.24, 2.45) is 5.92 Å². The minimum absolute atomic E-state index is 0.295. The van der Waals surface area contributed by atoms with Crippen molar-refractivity contribution in [2.75, 3.05) is 0 Å². The summed E-state index contributed by atoms with van der Waals surface area (Å²) in [6.45, 7) is 4.64. The van der Waals surface area contributed by atoms with Crippen molar-refractivity contribution in [1.29, 1.82) is 5.26 Å². The van der Waals surface area contributed by atoms with Crippen LogP contribution in [0.15, 0.2) is 0 Å². The zero-order valence-electron chi connectivity index (χ0n) is 10.7. The van der Waals surface area contributed by atoms with Crippen LogP contribution in [0, 0.1) is 17.2 Å². The Morgan fingerprint density at radius 1 is 1.19 bits per heavy atom. The minimum atomic E-state index is 0.295. The third-order valence-corrected chi connectivity index (χ3v) is 4.60. The molecule has 0 spiro atoms. The van der Waals surface area contributed by atoms with E-state index in [0.29, 0.717) is 18.0 Å². The molecule has 1 aliphatic heterocycles. The number of nitriles is 1. The molecule has 4 unspecified atom stereocenters.